The highest BCUT2D eigenvalue weighted by molar-refractivity contribution is 5.69. The SMILES string of the molecule is CCOC(=O)Cn1nnnc1C(NC1CCCCC1N)c1ccccc1. The van der Waals surface area contributed by atoms with Gasteiger partial charge >= 0.3 is 5.97 Å². The van der Waals surface area contributed by atoms with Crippen LogP contribution in [0.1, 0.15) is 50.0 Å². The van der Waals surface area contributed by atoms with E-state index in [1.54, 1.807) is 6.92 Å². The third-order valence-electron chi connectivity index (χ3n) is 4.74. The molecule has 3 unspecified atom stereocenters. The minimum atomic E-state index is -0.359. The summed E-state index contributed by atoms with van der Waals surface area (Å²) in [5, 5.41) is 15.6. The van der Waals surface area contributed by atoms with E-state index in [9.17, 15) is 4.79 Å². The molecule has 0 bridgehead atoms. The van der Waals surface area contributed by atoms with Gasteiger partial charge in [-0.05, 0) is 35.8 Å². The third-order valence-corrected chi connectivity index (χ3v) is 4.74. The van der Waals surface area contributed by atoms with Crippen molar-refractivity contribution in [1.29, 1.82) is 0 Å². The number of carbonyl (C=O) groups excluding carboxylic acids is 1. The highest BCUT2D eigenvalue weighted by atomic mass is 16.5. The molecule has 0 saturated heterocycles. The van der Waals surface area contributed by atoms with Crippen LogP contribution < -0.4 is 11.1 Å². The van der Waals surface area contributed by atoms with Crippen LogP contribution in [0.2, 0.25) is 0 Å². The Morgan fingerprint density at radius 2 is 2.12 bits per heavy atom. The maximum Gasteiger partial charge on any atom is 0.327 e. The van der Waals surface area contributed by atoms with E-state index in [1.807, 2.05) is 30.3 Å². The Bertz CT molecular complexity index is 705. The Morgan fingerprint density at radius 1 is 1.35 bits per heavy atom. The summed E-state index contributed by atoms with van der Waals surface area (Å²) in [6.07, 6.45) is 4.34. The molecule has 0 aliphatic heterocycles. The molecule has 8 heteroatoms. The fourth-order valence-electron chi connectivity index (χ4n) is 3.41. The number of esters is 1. The molecule has 1 aliphatic carbocycles. The van der Waals surface area contributed by atoms with Crippen molar-refractivity contribution >= 4 is 5.97 Å². The van der Waals surface area contributed by atoms with Crippen LogP contribution in [0.3, 0.4) is 0 Å². The lowest BCUT2D eigenvalue weighted by molar-refractivity contribution is -0.144. The summed E-state index contributed by atoms with van der Waals surface area (Å²) in [6, 6.07) is 10.0. The van der Waals surface area contributed by atoms with Crippen LogP contribution in [0.25, 0.3) is 0 Å². The molecular formula is C18H26N6O2. The van der Waals surface area contributed by atoms with Crippen LogP contribution in [-0.2, 0) is 16.1 Å². The van der Waals surface area contributed by atoms with Gasteiger partial charge < -0.3 is 10.5 Å². The molecule has 8 nitrogen and oxygen atoms in total. The number of rotatable bonds is 7. The van der Waals surface area contributed by atoms with Gasteiger partial charge in [-0.25, -0.2) is 4.68 Å². The van der Waals surface area contributed by atoms with E-state index >= 15 is 0 Å². The summed E-state index contributed by atoms with van der Waals surface area (Å²) in [5.74, 6) is 0.226. The molecule has 3 N–H and O–H groups in total. The molecule has 140 valence electrons. The molecule has 3 atom stereocenters. The fourth-order valence-corrected chi connectivity index (χ4v) is 3.41. The average Bonchev–Trinajstić information content (AvgIpc) is 3.09. The monoisotopic (exact) mass is 358 g/mol. The highest BCUT2D eigenvalue weighted by Gasteiger charge is 2.29. The van der Waals surface area contributed by atoms with Crippen LogP contribution in [0.5, 0.6) is 0 Å². The lowest BCUT2D eigenvalue weighted by Crippen LogP contribution is -2.49. The zero-order valence-electron chi connectivity index (χ0n) is 15.0. The quantitative estimate of drug-likeness (QED) is 0.716. The second kappa shape index (κ2) is 8.86. The van der Waals surface area contributed by atoms with Crippen molar-refractivity contribution in [3.8, 4) is 0 Å². The zero-order valence-corrected chi connectivity index (χ0v) is 15.0. The van der Waals surface area contributed by atoms with Gasteiger partial charge in [0, 0.05) is 12.1 Å². The third kappa shape index (κ3) is 4.44. The molecule has 1 aromatic heterocycles. The van der Waals surface area contributed by atoms with Gasteiger partial charge in [0.25, 0.3) is 0 Å². The van der Waals surface area contributed by atoms with Crippen LogP contribution in [0, 0.1) is 0 Å². The van der Waals surface area contributed by atoms with Crippen molar-refractivity contribution in [3.05, 3.63) is 41.7 Å². The standard InChI is InChI=1S/C18H26N6O2/c1-2-26-16(25)12-24-18(21-22-23-24)17(13-8-4-3-5-9-13)20-15-11-7-6-10-14(15)19/h3-5,8-9,14-15,17,20H,2,6-7,10-12,19H2,1H3. The molecule has 1 aromatic carbocycles. The lowest BCUT2D eigenvalue weighted by atomic mass is 9.90. The number of nitrogens with one attached hydrogen (secondary N) is 1. The minimum absolute atomic E-state index is 0.0160. The number of ether oxygens (including phenoxy) is 1. The van der Waals surface area contributed by atoms with E-state index in [-0.39, 0.29) is 30.6 Å². The van der Waals surface area contributed by atoms with Gasteiger partial charge in [-0.2, -0.15) is 0 Å². The molecule has 0 radical (unpaired) electrons. The predicted octanol–water partition coefficient (Wildman–Crippen LogP) is 1.19. The number of nitrogens with two attached hydrogens (primary N) is 1. The van der Waals surface area contributed by atoms with Crippen LogP contribution in [0.15, 0.2) is 30.3 Å². The van der Waals surface area contributed by atoms with E-state index in [4.69, 9.17) is 10.5 Å². The molecule has 1 heterocycles. The van der Waals surface area contributed by atoms with Gasteiger partial charge in [-0.1, -0.05) is 43.2 Å². The molecule has 0 amide bonds. The van der Waals surface area contributed by atoms with Crippen molar-refractivity contribution < 1.29 is 9.53 Å². The van der Waals surface area contributed by atoms with Crippen molar-refractivity contribution in [2.45, 2.75) is 57.3 Å². The van der Waals surface area contributed by atoms with Crippen molar-refractivity contribution in [1.82, 2.24) is 25.5 Å². The van der Waals surface area contributed by atoms with E-state index in [1.165, 1.54) is 4.68 Å². The number of tetrazole rings is 1. The van der Waals surface area contributed by atoms with Crippen molar-refractivity contribution in [3.63, 3.8) is 0 Å². The van der Waals surface area contributed by atoms with Crippen LogP contribution >= 0.6 is 0 Å². The number of nitrogens with zero attached hydrogens (tertiary/aromatic N) is 4. The second-order valence-electron chi connectivity index (χ2n) is 6.56. The van der Waals surface area contributed by atoms with E-state index in [0.29, 0.717) is 12.4 Å². The Kier molecular flexibility index (Phi) is 6.30. The normalized spacial score (nSPS) is 21.3. The summed E-state index contributed by atoms with van der Waals surface area (Å²) in [5.41, 5.74) is 7.35. The molecule has 1 fully saturated rings. The Morgan fingerprint density at radius 3 is 2.85 bits per heavy atom. The molecule has 2 aromatic rings. The summed E-state index contributed by atoms with van der Waals surface area (Å²) < 4.78 is 6.52. The predicted molar refractivity (Wildman–Crippen MR) is 96.1 cm³/mol. The zero-order chi connectivity index (χ0) is 18.4. The first-order valence-corrected chi connectivity index (χ1v) is 9.17. The minimum Gasteiger partial charge on any atom is -0.465 e. The maximum absolute atomic E-state index is 11.9. The smallest absolute Gasteiger partial charge is 0.327 e. The average molecular weight is 358 g/mol. The summed E-state index contributed by atoms with van der Waals surface area (Å²) in [6.45, 7) is 2.09. The Labute approximate surface area is 153 Å². The number of hydrogen-bond donors (Lipinski definition) is 2. The highest BCUT2D eigenvalue weighted by Crippen LogP contribution is 2.25. The van der Waals surface area contributed by atoms with Gasteiger partial charge in [0.2, 0.25) is 0 Å². The van der Waals surface area contributed by atoms with Gasteiger partial charge in [-0.3, -0.25) is 10.1 Å². The first-order valence-electron chi connectivity index (χ1n) is 9.17. The lowest BCUT2D eigenvalue weighted by Gasteiger charge is -2.33. The Balaban J connectivity index is 1.87. The summed E-state index contributed by atoms with van der Waals surface area (Å²) in [7, 11) is 0. The number of aromatic nitrogens is 4. The second-order valence-corrected chi connectivity index (χ2v) is 6.56. The molecule has 1 saturated carbocycles. The van der Waals surface area contributed by atoms with E-state index < -0.39 is 0 Å². The van der Waals surface area contributed by atoms with Crippen molar-refractivity contribution in [2.75, 3.05) is 6.61 Å². The summed E-state index contributed by atoms with van der Waals surface area (Å²) >= 11 is 0. The Hall–Kier alpha value is -2.32. The number of carbonyl (C=O) groups is 1. The largest absolute Gasteiger partial charge is 0.465 e. The van der Waals surface area contributed by atoms with Crippen LogP contribution in [-0.4, -0.2) is 44.9 Å². The topological polar surface area (TPSA) is 108 Å². The van der Waals surface area contributed by atoms with Crippen molar-refractivity contribution in [2.24, 2.45) is 5.73 Å². The van der Waals surface area contributed by atoms with Gasteiger partial charge in [0.1, 0.15) is 6.54 Å². The first kappa shape index (κ1) is 18.5. The molecule has 0 spiro atoms. The fraction of sp³-hybridized carbons (Fsp3) is 0.556. The van der Waals surface area contributed by atoms with Gasteiger partial charge in [-0.15, -0.1) is 5.10 Å². The molecule has 1 aliphatic rings. The first-order chi connectivity index (χ1) is 12.7. The molecular weight excluding hydrogens is 332 g/mol. The number of benzene rings is 1. The van der Waals surface area contributed by atoms with Crippen LogP contribution in [0.4, 0.5) is 0 Å². The molecule has 3 rings (SSSR count). The van der Waals surface area contributed by atoms with Gasteiger partial charge in [0.05, 0.1) is 12.6 Å². The molecule has 26 heavy (non-hydrogen) atoms. The van der Waals surface area contributed by atoms with E-state index in [2.05, 4.69) is 20.8 Å². The van der Waals surface area contributed by atoms with E-state index in [0.717, 1.165) is 31.2 Å². The maximum atomic E-state index is 11.9. The number of hydrogen-bond acceptors (Lipinski definition) is 7. The van der Waals surface area contributed by atoms with Gasteiger partial charge in [0.15, 0.2) is 5.82 Å². The summed E-state index contributed by atoms with van der Waals surface area (Å²) in [4.78, 5) is 11.9.